The van der Waals surface area contributed by atoms with E-state index in [-0.39, 0.29) is 11.7 Å². The van der Waals surface area contributed by atoms with E-state index >= 15 is 0 Å². The van der Waals surface area contributed by atoms with Gasteiger partial charge in [-0.25, -0.2) is 26.7 Å². The predicted molar refractivity (Wildman–Crippen MR) is 87.2 cm³/mol. The lowest BCUT2D eigenvalue weighted by atomic mass is 10.1. The minimum atomic E-state index is -3.34. The van der Waals surface area contributed by atoms with Gasteiger partial charge in [0.1, 0.15) is 0 Å². The highest BCUT2D eigenvalue weighted by atomic mass is 32.2. The Morgan fingerprint density at radius 1 is 1.21 bits per heavy atom. The zero-order chi connectivity index (χ0) is 17.9. The lowest BCUT2D eigenvalue weighted by molar-refractivity contribution is 0.193. The molecule has 0 bridgehead atoms. The number of urea groups is 1. The summed E-state index contributed by atoms with van der Waals surface area (Å²) < 4.78 is 52.3. The van der Waals surface area contributed by atoms with Crippen molar-refractivity contribution in [3.05, 3.63) is 29.8 Å². The highest BCUT2D eigenvalue weighted by Gasteiger charge is 2.27. The molecule has 1 aromatic rings. The zero-order valence-electron chi connectivity index (χ0n) is 13.6. The Balaban J connectivity index is 1.87. The molecule has 2 amide bonds. The number of hydrogen-bond donors (Lipinski definition) is 2. The molecule has 0 aromatic heterocycles. The summed E-state index contributed by atoms with van der Waals surface area (Å²) in [6.07, 6.45) is 0.994. The molecule has 0 spiro atoms. The summed E-state index contributed by atoms with van der Waals surface area (Å²) in [5.41, 5.74) is 0.168. The smallest absolute Gasteiger partial charge is 0.321 e. The van der Waals surface area contributed by atoms with E-state index in [1.807, 2.05) is 0 Å². The third kappa shape index (κ3) is 4.64. The third-order valence-electron chi connectivity index (χ3n) is 3.90. The molecule has 0 aliphatic carbocycles. The van der Waals surface area contributed by atoms with E-state index in [0.717, 1.165) is 12.1 Å². The van der Waals surface area contributed by atoms with Crippen LogP contribution < -0.4 is 10.0 Å². The monoisotopic (exact) mass is 361 g/mol. The minimum absolute atomic E-state index is 0.168. The van der Waals surface area contributed by atoms with Crippen LogP contribution in [0.15, 0.2) is 18.2 Å². The number of carbonyl (C=O) groups is 1. The first-order chi connectivity index (χ1) is 11.2. The van der Waals surface area contributed by atoms with Crippen molar-refractivity contribution in [2.24, 2.45) is 0 Å². The molecule has 9 heteroatoms. The molecule has 0 atom stereocenters. The molecule has 0 unspecified atom stereocenters. The van der Waals surface area contributed by atoms with Crippen LogP contribution in [-0.4, -0.2) is 43.7 Å². The van der Waals surface area contributed by atoms with E-state index in [0.29, 0.717) is 25.9 Å². The van der Waals surface area contributed by atoms with Crippen molar-refractivity contribution in [2.75, 3.05) is 18.4 Å². The molecule has 134 valence electrons. The van der Waals surface area contributed by atoms with Gasteiger partial charge in [-0.15, -0.1) is 0 Å². The number of anilines is 1. The van der Waals surface area contributed by atoms with Crippen molar-refractivity contribution in [1.29, 1.82) is 0 Å². The number of hydrogen-bond acceptors (Lipinski definition) is 3. The minimum Gasteiger partial charge on any atom is -0.324 e. The SMILES string of the molecule is CC(C)S(=O)(=O)NC1CCN(C(=O)Nc2ccc(F)c(F)c2)CC1. The van der Waals surface area contributed by atoms with Crippen molar-refractivity contribution in [2.45, 2.75) is 38.0 Å². The standard InChI is InChI=1S/C15H21F2N3O3S/c1-10(2)24(22,23)19-11-5-7-20(8-6-11)15(21)18-12-3-4-13(16)14(17)9-12/h3-4,9-11,19H,5-8H2,1-2H3,(H,18,21). The fourth-order valence-corrected chi connectivity index (χ4v) is 3.32. The molecule has 1 saturated heterocycles. The van der Waals surface area contributed by atoms with Gasteiger partial charge in [-0.05, 0) is 38.8 Å². The number of rotatable bonds is 4. The van der Waals surface area contributed by atoms with Crippen LogP contribution in [0.1, 0.15) is 26.7 Å². The van der Waals surface area contributed by atoms with Gasteiger partial charge in [-0.3, -0.25) is 0 Å². The Hall–Kier alpha value is -1.74. The van der Waals surface area contributed by atoms with Crippen LogP contribution in [0.5, 0.6) is 0 Å². The second-order valence-corrected chi connectivity index (χ2v) is 8.30. The second-order valence-electron chi connectivity index (χ2n) is 6.03. The molecule has 1 aliphatic rings. The summed E-state index contributed by atoms with van der Waals surface area (Å²) in [4.78, 5) is 13.6. The Kier molecular flexibility index (Phi) is 5.76. The van der Waals surface area contributed by atoms with Crippen LogP contribution in [0.25, 0.3) is 0 Å². The maximum Gasteiger partial charge on any atom is 0.321 e. The third-order valence-corrected chi connectivity index (χ3v) is 5.81. The highest BCUT2D eigenvalue weighted by Crippen LogP contribution is 2.16. The molecule has 1 aliphatic heterocycles. The van der Waals surface area contributed by atoms with Crippen molar-refractivity contribution in [3.8, 4) is 0 Å². The van der Waals surface area contributed by atoms with Crippen LogP contribution in [0.3, 0.4) is 0 Å². The topological polar surface area (TPSA) is 78.5 Å². The summed E-state index contributed by atoms with van der Waals surface area (Å²) in [5, 5.41) is 2.00. The van der Waals surface area contributed by atoms with E-state index in [4.69, 9.17) is 0 Å². The number of carbonyl (C=O) groups excluding carboxylic acids is 1. The summed E-state index contributed by atoms with van der Waals surface area (Å²) in [7, 11) is -3.34. The maximum atomic E-state index is 13.1. The number of sulfonamides is 1. The number of nitrogens with zero attached hydrogens (tertiary/aromatic N) is 1. The molecule has 1 fully saturated rings. The molecule has 2 rings (SSSR count). The number of benzene rings is 1. The van der Waals surface area contributed by atoms with Gasteiger partial charge in [-0.2, -0.15) is 0 Å². The Morgan fingerprint density at radius 3 is 2.38 bits per heavy atom. The van der Waals surface area contributed by atoms with Gasteiger partial charge in [0.15, 0.2) is 11.6 Å². The first kappa shape index (κ1) is 18.6. The first-order valence-corrected chi connectivity index (χ1v) is 9.26. The van der Waals surface area contributed by atoms with Gasteiger partial charge in [0, 0.05) is 30.9 Å². The summed E-state index contributed by atoms with van der Waals surface area (Å²) in [6.45, 7) is 3.96. The van der Waals surface area contributed by atoms with Crippen molar-refractivity contribution >= 4 is 21.7 Å². The molecule has 1 aromatic carbocycles. The van der Waals surface area contributed by atoms with Crippen LogP contribution >= 0.6 is 0 Å². The number of likely N-dealkylation sites (tertiary alicyclic amines) is 1. The molecule has 0 radical (unpaired) electrons. The Labute approximate surface area is 140 Å². The van der Waals surface area contributed by atoms with Crippen LogP contribution in [-0.2, 0) is 10.0 Å². The van der Waals surface area contributed by atoms with Crippen molar-refractivity contribution in [1.82, 2.24) is 9.62 Å². The average Bonchev–Trinajstić information content (AvgIpc) is 2.51. The molecular formula is C15H21F2N3O3S. The summed E-state index contributed by atoms with van der Waals surface area (Å²) in [5.74, 6) is -2.01. The van der Waals surface area contributed by atoms with Crippen molar-refractivity contribution < 1.29 is 22.0 Å². The van der Waals surface area contributed by atoms with Gasteiger partial charge < -0.3 is 10.2 Å². The Morgan fingerprint density at radius 2 is 1.83 bits per heavy atom. The van der Waals surface area contributed by atoms with Gasteiger partial charge >= 0.3 is 6.03 Å². The predicted octanol–water partition coefficient (Wildman–Crippen LogP) is 2.29. The van der Waals surface area contributed by atoms with Crippen LogP contribution in [0, 0.1) is 11.6 Å². The van der Waals surface area contributed by atoms with E-state index in [2.05, 4.69) is 10.0 Å². The lowest BCUT2D eigenvalue weighted by Crippen LogP contribution is -2.48. The second kappa shape index (κ2) is 7.43. The van der Waals surface area contributed by atoms with E-state index in [9.17, 15) is 22.0 Å². The van der Waals surface area contributed by atoms with Gasteiger partial charge in [-0.1, -0.05) is 0 Å². The fraction of sp³-hybridized carbons (Fsp3) is 0.533. The summed E-state index contributed by atoms with van der Waals surface area (Å²) >= 11 is 0. The number of halogens is 2. The number of amides is 2. The Bertz CT molecular complexity index is 702. The van der Waals surface area contributed by atoms with E-state index in [1.54, 1.807) is 13.8 Å². The average molecular weight is 361 g/mol. The van der Waals surface area contributed by atoms with E-state index in [1.165, 1.54) is 11.0 Å². The molecule has 6 nitrogen and oxygen atoms in total. The number of nitrogens with one attached hydrogen (secondary N) is 2. The van der Waals surface area contributed by atoms with Crippen LogP contribution in [0.2, 0.25) is 0 Å². The van der Waals surface area contributed by atoms with Gasteiger partial charge in [0.25, 0.3) is 0 Å². The quantitative estimate of drug-likeness (QED) is 0.864. The zero-order valence-corrected chi connectivity index (χ0v) is 14.4. The maximum absolute atomic E-state index is 13.1. The van der Waals surface area contributed by atoms with Crippen LogP contribution in [0.4, 0.5) is 19.3 Å². The van der Waals surface area contributed by atoms with E-state index < -0.39 is 32.9 Å². The molecule has 2 N–H and O–H groups in total. The van der Waals surface area contributed by atoms with Crippen molar-refractivity contribution in [3.63, 3.8) is 0 Å². The highest BCUT2D eigenvalue weighted by molar-refractivity contribution is 7.90. The van der Waals surface area contributed by atoms with Gasteiger partial charge in [0.2, 0.25) is 10.0 Å². The first-order valence-electron chi connectivity index (χ1n) is 7.71. The fourth-order valence-electron chi connectivity index (χ4n) is 2.35. The molecular weight excluding hydrogens is 340 g/mol. The molecule has 24 heavy (non-hydrogen) atoms. The molecule has 1 heterocycles. The number of piperidine rings is 1. The largest absolute Gasteiger partial charge is 0.324 e. The molecule has 0 saturated carbocycles. The normalized spacial score (nSPS) is 16.5. The lowest BCUT2D eigenvalue weighted by Gasteiger charge is -2.32. The summed E-state index contributed by atoms with van der Waals surface area (Å²) in [6, 6.07) is 2.50. The van der Waals surface area contributed by atoms with Gasteiger partial charge in [0.05, 0.1) is 5.25 Å².